The molecular weight excluding hydrogens is 159 g/mol. The normalized spacial score (nSPS) is 8.67. The van der Waals surface area contributed by atoms with Crippen molar-refractivity contribution in [2.24, 2.45) is 0 Å². The van der Waals surface area contributed by atoms with E-state index < -0.39 is 17.5 Å². The molecule has 0 aliphatic rings. The number of carboxylic acids is 1. The van der Waals surface area contributed by atoms with Gasteiger partial charge in [0.1, 0.15) is 5.56 Å². The van der Waals surface area contributed by atoms with E-state index in [4.69, 9.17) is 15.3 Å². The van der Waals surface area contributed by atoms with Gasteiger partial charge in [-0.2, -0.15) is 0 Å². The first-order valence-electron chi connectivity index (χ1n) is 2.87. The van der Waals surface area contributed by atoms with Gasteiger partial charge < -0.3 is 15.3 Å². The molecule has 0 aromatic heterocycles. The van der Waals surface area contributed by atoms with Crippen LogP contribution in [0.5, 0.6) is 11.5 Å². The van der Waals surface area contributed by atoms with E-state index in [0.717, 1.165) is 0 Å². The average molecular weight is 165 g/mol. The summed E-state index contributed by atoms with van der Waals surface area (Å²) in [5.41, 5.74) is -0.301. The van der Waals surface area contributed by atoms with Crippen molar-refractivity contribution in [3.8, 4) is 11.5 Å². The maximum atomic E-state index is 10.3. The third-order valence-corrected chi connectivity index (χ3v) is 1.25. The fourth-order valence-electron chi connectivity index (χ4n) is 0.704. The summed E-state index contributed by atoms with van der Waals surface area (Å²) >= 11 is 0. The molecule has 0 fully saturated rings. The minimum atomic E-state index is -1.27. The van der Waals surface area contributed by atoms with Crippen molar-refractivity contribution in [2.75, 3.05) is 0 Å². The Balaban J connectivity index is 0.00000121. The van der Waals surface area contributed by atoms with Crippen molar-refractivity contribution >= 4 is 14.4 Å². The number of benzene rings is 1. The molecule has 1 aromatic carbocycles. The highest BCUT2D eigenvalue weighted by atomic mass is 16.4. The molecule has 0 atom stereocenters. The van der Waals surface area contributed by atoms with Gasteiger partial charge >= 0.3 is 5.97 Å². The molecule has 1 rings (SSSR count). The molecule has 0 aliphatic heterocycles. The summed E-state index contributed by atoms with van der Waals surface area (Å²) in [5.74, 6) is -2.29. The van der Waals surface area contributed by atoms with Crippen molar-refractivity contribution in [3.05, 3.63) is 23.8 Å². The maximum absolute atomic E-state index is 10.3. The number of hydrogen-bond acceptors (Lipinski definition) is 3. The lowest BCUT2D eigenvalue weighted by atomic mass is 10.2. The molecule has 61 valence electrons. The molecule has 4 nitrogen and oxygen atoms in total. The SMILES string of the molecule is O=C(O)c1cccc(O)c1O.[B]. The van der Waals surface area contributed by atoms with Gasteiger partial charge in [-0.1, -0.05) is 6.07 Å². The largest absolute Gasteiger partial charge is 0.504 e. The molecule has 0 aliphatic carbocycles. The lowest BCUT2D eigenvalue weighted by Gasteiger charge is -1.99. The summed E-state index contributed by atoms with van der Waals surface area (Å²) in [7, 11) is 0. The molecule has 0 heterocycles. The van der Waals surface area contributed by atoms with Gasteiger partial charge in [0.15, 0.2) is 11.5 Å². The van der Waals surface area contributed by atoms with Gasteiger partial charge in [0.2, 0.25) is 0 Å². The minimum Gasteiger partial charge on any atom is -0.504 e. The zero-order valence-electron chi connectivity index (χ0n) is 6.06. The van der Waals surface area contributed by atoms with E-state index in [1.54, 1.807) is 0 Å². The summed E-state index contributed by atoms with van der Waals surface area (Å²) in [4.78, 5) is 10.3. The first kappa shape index (κ1) is 10.4. The van der Waals surface area contributed by atoms with E-state index in [2.05, 4.69) is 0 Å². The quantitative estimate of drug-likeness (QED) is 0.416. The van der Waals surface area contributed by atoms with Gasteiger partial charge in [-0.3, -0.25) is 0 Å². The predicted molar refractivity (Wildman–Crippen MR) is 42.5 cm³/mol. The average Bonchev–Trinajstić information content (AvgIpc) is 1.94. The Morgan fingerprint density at radius 1 is 1.25 bits per heavy atom. The Kier molecular flexibility index (Phi) is 3.16. The van der Waals surface area contributed by atoms with Crippen LogP contribution in [0.2, 0.25) is 0 Å². The lowest BCUT2D eigenvalue weighted by molar-refractivity contribution is 0.0693. The van der Waals surface area contributed by atoms with Crippen molar-refractivity contribution in [1.82, 2.24) is 0 Å². The number of aromatic carboxylic acids is 1. The molecule has 3 N–H and O–H groups in total. The van der Waals surface area contributed by atoms with Gasteiger partial charge in [0.05, 0.1) is 0 Å². The van der Waals surface area contributed by atoms with E-state index in [0.29, 0.717) is 0 Å². The number of hydrogen-bond donors (Lipinski definition) is 3. The molecule has 0 saturated heterocycles. The first-order chi connectivity index (χ1) is 5.13. The second kappa shape index (κ2) is 3.66. The number of rotatable bonds is 1. The second-order valence-electron chi connectivity index (χ2n) is 1.98. The Hall–Kier alpha value is -1.65. The van der Waals surface area contributed by atoms with E-state index >= 15 is 0 Å². The number of para-hydroxylation sites is 1. The van der Waals surface area contributed by atoms with Crippen LogP contribution in [-0.4, -0.2) is 29.7 Å². The van der Waals surface area contributed by atoms with Gasteiger partial charge in [0.25, 0.3) is 0 Å². The Morgan fingerprint density at radius 2 is 1.83 bits per heavy atom. The van der Waals surface area contributed by atoms with Crippen LogP contribution < -0.4 is 0 Å². The fraction of sp³-hybridized carbons (Fsp3) is 0. The number of phenolic OH excluding ortho intramolecular Hbond substituents is 1. The third-order valence-electron chi connectivity index (χ3n) is 1.25. The van der Waals surface area contributed by atoms with E-state index in [1.807, 2.05) is 0 Å². The number of aromatic hydroxyl groups is 2. The van der Waals surface area contributed by atoms with Gasteiger partial charge in [-0.25, -0.2) is 4.79 Å². The Bertz CT molecular complexity index is 297. The van der Waals surface area contributed by atoms with Gasteiger partial charge in [0, 0.05) is 8.41 Å². The summed E-state index contributed by atoms with van der Waals surface area (Å²) in [6, 6.07) is 3.76. The van der Waals surface area contributed by atoms with Crippen LogP contribution in [-0.2, 0) is 0 Å². The van der Waals surface area contributed by atoms with Crippen molar-refractivity contribution in [2.45, 2.75) is 0 Å². The number of phenols is 2. The van der Waals surface area contributed by atoms with Gasteiger partial charge in [-0.15, -0.1) is 0 Å². The van der Waals surface area contributed by atoms with Crippen LogP contribution in [0.1, 0.15) is 10.4 Å². The topological polar surface area (TPSA) is 77.8 Å². The van der Waals surface area contributed by atoms with E-state index in [9.17, 15) is 4.79 Å². The highest BCUT2D eigenvalue weighted by Crippen LogP contribution is 2.27. The van der Waals surface area contributed by atoms with Crippen LogP contribution in [0.15, 0.2) is 18.2 Å². The highest BCUT2D eigenvalue weighted by molar-refractivity contribution is 5.91. The molecule has 0 unspecified atom stereocenters. The van der Waals surface area contributed by atoms with E-state index in [1.165, 1.54) is 18.2 Å². The molecule has 5 heteroatoms. The molecule has 0 saturated carbocycles. The monoisotopic (exact) mass is 165 g/mol. The van der Waals surface area contributed by atoms with Crippen molar-refractivity contribution in [1.29, 1.82) is 0 Å². The summed E-state index contributed by atoms with van der Waals surface area (Å²) in [5, 5.41) is 26.2. The zero-order chi connectivity index (χ0) is 8.43. The highest BCUT2D eigenvalue weighted by Gasteiger charge is 2.11. The second-order valence-corrected chi connectivity index (χ2v) is 1.98. The summed E-state index contributed by atoms with van der Waals surface area (Å²) < 4.78 is 0. The fourth-order valence-corrected chi connectivity index (χ4v) is 0.704. The third kappa shape index (κ3) is 1.69. The zero-order valence-corrected chi connectivity index (χ0v) is 6.06. The van der Waals surface area contributed by atoms with E-state index in [-0.39, 0.29) is 14.0 Å². The van der Waals surface area contributed by atoms with Crippen LogP contribution in [0, 0.1) is 0 Å². The van der Waals surface area contributed by atoms with Crippen LogP contribution in [0.3, 0.4) is 0 Å². The van der Waals surface area contributed by atoms with Crippen molar-refractivity contribution in [3.63, 3.8) is 0 Å². The van der Waals surface area contributed by atoms with Crippen molar-refractivity contribution < 1.29 is 20.1 Å². The molecule has 0 spiro atoms. The lowest BCUT2D eigenvalue weighted by Crippen LogP contribution is -1.95. The van der Waals surface area contributed by atoms with Crippen LogP contribution in [0.25, 0.3) is 0 Å². The van der Waals surface area contributed by atoms with Gasteiger partial charge in [-0.05, 0) is 12.1 Å². The maximum Gasteiger partial charge on any atom is 0.339 e. The number of carbonyl (C=O) groups is 1. The van der Waals surface area contributed by atoms with Crippen LogP contribution >= 0.6 is 0 Å². The Labute approximate surface area is 70.7 Å². The molecule has 1 aromatic rings. The van der Waals surface area contributed by atoms with Crippen LogP contribution in [0.4, 0.5) is 0 Å². The first-order valence-corrected chi connectivity index (χ1v) is 2.87. The Morgan fingerprint density at radius 3 is 2.25 bits per heavy atom. The molecule has 3 radical (unpaired) electrons. The minimum absolute atomic E-state index is 0. The standard InChI is InChI=1S/C7H6O4.B/c8-5-3-1-2-4(6(5)9)7(10)11;/h1-3,8-9H,(H,10,11);. The summed E-state index contributed by atoms with van der Waals surface area (Å²) in [6.45, 7) is 0. The molecule has 0 bridgehead atoms. The molecule has 12 heavy (non-hydrogen) atoms. The smallest absolute Gasteiger partial charge is 0.339 e. The summed E-state index contributed by atoms with van der Waals surface area (Å²) in [6.07, 6.45) is 0. The molecule has 0 amide bonds. The molecular formula is C7H6BO4. The predicted octanol–water partition coefficient (Wildman–Crippen LogP) is 0.415. The number of carboxylic acid groups (broad SMARTS) is 1.